The fraction of sp³-hybridized carbons (Fsp3) is 0.312. The summed E-state index contributed by atoms with van der Waals surface area (Å²) in [6, 6.07) is 10.2. The van der Waals surface area contributed by atoms with E-state index in [0.29, 0.717) is 11.5 Å². The molecule has 0 amide bonds. The lowest BCUT2D eigenvalue weighted by Gasteiger charge is -2.15. The van der Waals surface area contributed by atoms with E-state index in [1.807, 2.05) is 30.6 Å². The highest BCUT2D eigenvalue weighted by Gasteiger charge is 2.24. The van der Waals surface area contributed by atoms with Gasteiger partial charge in [-0.2, -0.15) is 5.26 Å². The molecule has 1 atom stereocenters. The molecule has 1 aliphatic rings. The molecule has 2 aromatic heterocycles. The minimum Gasteiger partial charge on any atom is -0.298 e. The molecule has 1 fully saturated rings. The van der Waals surface area contributed by atoms with E-state index in [-0.39, 0.29) is 0 Å². The molecule has 1 unspecified atom stereocenters. The number of pyridine rings is 2. The number of aromatic nitrogens is 2. The van der Waals surface area contributed by atoms with Crippen LogP contribution in [0.2, 0.25) is 0 Å². The molecule has 3 heterocycles. The third-order valence-corrected chi connectivity index (χ3v) is 3.71. The van der Waals surface area contributed by atoms with E-state index in [1.54, 1.807) is 6.20 Å². The van der Waals surface area contributed by atoms with Gasteiger partial charge in [0, 0.05) is 43.3 Å². The maximum atomic E-state index is 8.90. The summed E-state index contributed by atoms with van der Waals surface area (Å²) in [6.45, 7) is 2.94. The van der Waals surface area contributed by atoms with Gasteiger partial charge in [0.1, 0.15) is 6.07 Å². The van der Waals surface area contributed by atoms with Crippen molar-refractivity contribution < 1.29 is 0 Å². The van der Waals surface area contributed by atoms with Crippen LogP contribution >= 0.6 is 0 Å². The fourth-order valence-electron chi connectivity index (χ4n) is 2.73. The maximum Gasteiger partial charge on any atom is 0.101 e. The van der Waals surface area contributed by atoms with E-state index in [1.165, 1.54) is 5.69 Å². The predicted molar refractivity (Wildman–Crippen MR) is 75.8 cm³/mol. The molecule has 20 heavy (non-hydrogen) atoms. The third-order valence-electron chi connectivity index (χ3n) is 3.71. The van der Waals surface area contributed by atoms with E-state index in [2.05, 4.69) is 27.0 Å². The number of nitriles is 1. The second kappa shape index (κ2) is 5.81. The molecule has 2 aromatic rings. The quantitative estimate of drug-likeness (QED) is 0.853. The highest BCUT2D eigenvalue weighted by Crippen LogP contribution is 2.26. The van der Waals surface area contributed by atoms with E-state index in [9.17, 15) is 0 Å². The van der Waals surface area contributed by atoms with Gasteiger partial charge in [-0.3, -0.25) is 14.9 Å². The Balaban J connectivity index is 1.64. The molecule has 0 saturated carbocycles. The first kappa shape index (κ1) is 12.8. The minimum atomic E-state index is 0.517. The Bertz CT molecular complexity index is 618. The van der Waals surface area contributed by atoms with Crippen molar-refractivity contribution >= 4 is 0 Å². The summed E-state index contributed by atoms with van der Waals surface area (Å²) >= 11 is 0. The first-order chi connectivity index (χ1) is 9.85. The minimum absolute atomic E-state index is 0.517. The zero-order valence-corrected chi connectivity index (χ0v) is 11.2. The number of nitrogens with zero attached hydrogens (tertiary/aromatic N) is 4. The first-order valence-electron chi connectivity index (χ1n) is 6.82. The van der Waals surface area contributed by atoms with Gasteiger partial charge in [0.25, 0.3) is 0 Å². The predicted octanol–water partition coefficient (Wildman–Crippen LogP) is 2.34. The highest BCUT2D eigenvalue weighted by atomic mass is 15.1. The molecule has 4 heteroatoms. The van der Waals surface area contributed by atoms with Crippen LogP contribution < -0.4 is 0 Å². The largest absolute Gasteiger partial charge is 0.298 e. The lowest BCUT2D eigenvalue weighted by molar-refractivity contribution is 0.326. The van der Waals surface area contributed by atoms with Crippen molar-refractivity contribution in [3.8, 4) is 6.07 Å². The van der Waals surface area contributed by atoms with Gasteiger partial charge in [0.05, 0.1) is 5.56 Å². The van der Waals surface area contributed by atoms with Crippen molar-refractivity contribution in [3.05, 3.63) is 59.7 Å². The normalized spacial score (nSPS) is 18.9. The van der Waals surface area contributed by atoms with Crippen LogP contribution in [0.3, 0.4) is 0 Å². The number of hydrogen-bond acceptors (Lipinski definition) is 4. The van der Waals surface area contributed by atoms with Crippen LogP contribution in [-0.2, 0) is 6.54 Å². The molecule has 0 N–H and O–H groups in total. The Morgan fingerprint density at radius 3 is 3.10 bits per heavy atom. The van der Waals surface area contributed by atoms with Crippen LogP contribution in [-0.4, -0.2) is 28.0 Å². The van der Waals surface area contributed by atoms with Crippen molar-refractivity contribution in [2.75, 3.05) is 13.1 Å². The summed E-state index contributed by atoms with van der Waals surface area (Å²) in [4.78, 5) is 11.0. The van der Waals surface area contributed by atoms with Crippen LogP contribution in [0, 0.1) is 11.3 Å². The summed E-state index contributed by atoms with van der Waals surface area (Å²) in [5, 5.41) is 8.90. The monoisotopic (exact) mass is 264 g/mol. The summed E-state index contributed by atoms with van der Waals surface area (Å²) in [5.41, 5.74) is 2.91. The van der Waals surface area contributed by atoms with E-state index >= 15 is 0 Å². The molecule has 0 bridgehead atoms. The second-order valence-electron chi connectivity index (χ2n) is 5.17. The van der Waals surface area contributed by atoms with Gasteiger partial charge in [-0.15, -0.1) is 0 Å². The van der Waals surface area contributed by atoms with E-state index in [0.717, 1.165) is 31.6 Å². The van der Waals surface area contributed by atoms with Gasteiger partial charge in [-0.1, -0.05) is 6.07 Å². The van der Waals surface area contributed by atoms with Crippen molar-refractivity contribution in [2.45, 2.75) is 18.9 Å². The van der Waals surface area contributed by atoms with Crippen LogP contribution in [0.15, 0.2) is 42.9 Å². The van der Waals surface area contributed by atoms with Gasteiger partial charge >= 0.3 is 0 Å². The van der Waals surface area contributed by atoms with Gasteiger partial charge in [0.2, 0.25) is 0 Å². The van der Waals surface area contributed by atoms with Gasteiger partial charge in [-0.25, -0.2) is 0 Å². The molecular weight excluding hydrogens is 248 g/mol. The molecular formula is C16H16N4. The van der Waals surface area contributed by atoms with E-state index in [4.69, 9.17) is 5.26 Å². The molecule has 1 saturated heterocycles. The standard InChI is InChI=1S/C16H16N4/c17-8-13-7-14(10-18-9-13)11-20-6-4-15(12-20)16-3-1-2-5-19-16/h1-3,5,7,9-10,15H,4,6,11-12H2. The highest BCUT2D eigenvalue weighted by molar-refractivity contribution is 5.29. The Kier molecular flexibility index (Phi) is 3.71. The summed E-state index contributed by atoms with van der Waals surface area (Å²) < 4.78 is 0. The zero-order valence-electron chi connectivity index (χ0n) is 11.2. The van der Waals surface area contributed by atoms with Crippen LogP contribution in [0.5, 0.6) is 0 Å². The lowest BCUT2D eigenvalue weighted by Crippen LogP contribution is -2.20. The summed E-state index contributed by atoms with van der Waals surface area (Å²) in [7, 11) is 0. The van der Waals surface area contributed by atoms with Crippen molar-refractivity contribution in [2.24, 2.45) is 0 Å². The Labute approximate surface area is 118 Å². The van der Waals surface area contributed by atoms with Crippen molar-refractivity contribution in [1.29, 1.82) is 5.26 Å². The number of rotatable bonds is 3. The molecule has 0 aromatic carbocycles. The van der Waals surface area contributed by atoms with Gasteiger partial charge in [0.15, 0.2) is 0 Å². The average molecular weight is 264 g/mol. The molecule has 3 rings (SSSR count). The molecule has 0 spiro atoms. The summed E-state index contributed by atoms with van der Waals surface area (Å²) in [6.07, 6.45) is 6.44. The van der Waals surface area contributed by atoms with Crippen molar-refractivity contribution in [1.82, 2.24) is 14.9 Å². The molecule has 4 nitrogen and oxygen atoms in total. The van der Waals surface area contributed by atoms with Crippen LogP contribution in [0.1, 0.15) is 29.2 Å². The smallest absolute Gasteiger partial charge is 0.101 e. The van der Waals surface area contributed by atoms with Crippen LogP contribution in [0.25, 0.3) is 0 Å². The number of likely N-dealkylation sites (tertiary alicyclic amines) is 1. The van der Waals surface area contributed by atoms with Crippen LogP contribution in [0.4, 0.5) is 0 Å². The third kappa shape index (κ3) is 2.84. The SMILES string of the molecule is N#Cc1cncc(CN2CCC(c3ccccn3)C2)c1. The van der Waals surface area contributed by atoms with Gasteiger partial charge in [-0.05, 0) is 36.7 Å². The lowest BCUT2D eigenvalue weighted by atomic mass is 10.0. The average Bonchev–Trinajstić information content (AvgIpc) is 2.97. The Morgan fingerprint density at radius 2 is 2.30 bits per heavy atom. The maximum absolute atomic E-state index is 8.90. The zero-order chi connectivity index (χ0) is 13.8. The fourth-order valence-corrected chi connectivity index (χ4v) is 2.73. The first-order valence-corrected chi connectivity index (χ1v) is 6.82. The second-order valence-corrected chi connectivity index (χ2v) is 5.17. The molecule has 1 aliphatic heterocycles. The van der Waals surface area contributed by atoms with Gasteiger partial charge < -0.3 is 0 Å². The Hall–Kier alpha value is -2.25. The Morgan fingerprint density at radius 1 is 1.35 bits per heavy atom. The van der Waals surface area contributed by atoms with Crippen molar-refractivity contribution in [3.63, 3.8) is 0 Å². The molecule has 100 valence electrons. The number of hydrogen-bond donors (Lipinski definition) is 0. The molecule has 0 aliphatic carbocycles. The topological polar surface area (TPSA) is 52.8 Å². The summed E-state index contributed by atoms with van der Waals surface area (Å²) in [5.74, 6) is 0.517. The van der Waals surface area contributed by atoms with E-state index < -0.39 is 0 Å². The molecule has 0 radical (unpaired) electrons.